The number of aryl methyl sites for hydroxylation is 1. The minimum absolute atomic E-state index is 0.132. The van der Waals surface area contributed by atoms with Crippen LogP contribution in [0.15, 0.2) is 73.0 Å². The van der Waals surface area contributed by atoms with Gasteiger partial charge in [-0.25, -0.2) is 0 Å². The Morgan fingerprint density at radius 1 is 1.12 bits per heavy atom. The number of hydrogen-bond donors (Lipinski definition) is 1. The van der Waals surface area contributed by atoms with Crippen molar-refractivity contribution in [2.24, 2.45) is 0 Å². The van der Waals surface area contributed by atoms with E-state index in [1.807, 2.05) is 78.7 Å². The lowest BCUT2D eigenvalue weighted by atomic mass is 9.93. The number of nitrogens with zero attached hydrogens (tertiary/aromatic N) is 1. The summed E-state index contributed by atoms with van der Waals surface area (Å²) >= 11 is 6.48. The highest BCUT2D eigenvalue weighted by Gasteiger charge is 2.39. The summed E-state index contributed by atoms with van der Waals surface area (Å²) < 4.78 is 0. The van der Waals surface area contributed by atoms with Gasteiger partial charge in [0.2, 0.25) is 5.91 Å². The lowest BCUT2D eigenvalue weighted by Gasteiger charge is -2.44. The van der Waals surface area contributed by atoms with E-state index in [1.165, 1.54) is 6.92 Å². The van der Waals surface area contributed by atoms with Crippen LogP contribution < -0.4 is 10.2 Å². The first kappa shape index (κ1) is 16.3. The van der Waals surface area contributed by atoms with E-state index in [-0.39, 0.29) is 5.91 Å². The van der Waals surface area contributed by atoms with Crippen molar-refractivity contribution in [1.29, 1.82) is 0 Å². The van der Waals surface area contributed by atoms with Gasteiger partial charge in [-0.3, -0.25) is 4.79 Å². The maximum atomic E-state index is 12.0. The van der Waals surface area contributed by atoms with Crippen LogP contribution in [0.5, 0.6) is 0 Å². The Morgan fingerprint density at radius 2 is 1.92 bits per heavy atom. The first-order chi connectivity index (χ1) is 11.5. The van der Waals surface area contributed by atoms with Gasteiger partial charge < -0.3 is 10.2 Å². The van der Waals surface area contributed by atoms with Crippen LogP contribution in [0.4, 0.5) is 5.69 Å². The number of rotatable bonds is 3. The molecule has 0 aliphatic carbocycles. The molecule has 1 atom stereocenters. The highest BCUT2D eigenvalue weighted by molar-refractivity contribution is 6.31. The molecule has 122 valence electrons. The molecule has 1 N–H and O–H groups in total. The zero-order chi connectivity index (χ0) is 17.2. The van der Waals surface area contributed by atoms with Crippen molar-refractivity contribution >= 4 is 23.2 Å². The van der Waals surface area contributed by atoms with Crippen LogP contribution in [0.3, 0.4) is 0 Å². The van der Waals surface area contributed by atoms with Gasteiger partial charge in [0.15, 0.2) is 5.66 Å². The van der Waals surface area contributed by atoms with E-state index in [0.29, 0.717) is 5.02 Å². The van der Waals surface area contributed by atoms with Gasteiger partial charge in [-0.05, 0) is 42.8 Å². The molecule has 1 aliphatic heterocycles. The van der Waals surface area contributed by atoms with Crippen molar-refractivity contribution in [1.82, 2.24) is 5.32 Å². The number of amides is 1. The molecule has 0 saturated heterocycles. The summed E-state index contributed by atoms with van der Waals surface area (Å²) in [6, 6.07) is 15.7. The molecule has 0 fully saturated rings. The predicted octanol–water partition coefficient (Wildman–Crippen LogP) is 4.53. The van der Waals surface area contributed by atoms with E-state index >= 15 is 0 Å². The molecule has 1 aliphatic rings. The lowest BCUT2D eigenvalue weighted by Crippen LogP contribution is -2.55. The normalized spacial score (nSPS) is 19.4. The van der Waals surface area contributed by atoms with E-state index in [0.717, 1.165) is 16.8 Å². The van der Waals surface area contributed by atoms with Gasteiger partial charge in [0.05, 0.1) is 0 Å². The van der Waals surface area contributed by atoms with E-state index in [1.54, 1.807) is 0 Å². The molecule has 4 heteroatoms. The van der Waals surface area contributed by atoms with E-state index in [2.05, 4.69) is 11.4 Å². The van der Waals surface area contributed by atoms with Crippen molar-refractivity contribution in [3.63, 3.8) is 0 Å². The summed E-state index contributed by atoms with van der Waals surface area (Å²) in [6.45, 7) is 3.56. The number of nitrogens with one attached hydrogen (secondary N) is 1. The number of hydrogen-bond acceptors (Lipinski definition) is 2. The maximum absolute atomic E-state index is 12.0. The number of carbonyl (C=O) groups is 1. The summed E-state index contributed by atoms with van der Waals surface area (Å²) in [4.78, 5) is 14.0. The third-order valence-corrected chi connectivity index (χ3v) is 4.32. The Balaban J connectivity index is 2.22. The molecule has 3 nitrogen and oxygen atoms in total. The fourth-order valence-corrected chi connectivity index (χ4v) is 3.30. The molecule has 24 heavy (non-hydrogen) atoms. The zero-order valence-electron chi connectivity index (χ0n) is 13.7. The predicted molar refractivity (Wildman–Crippen MR) is 98.9 cm³/mol. The third kappa shape index (κ3) is 2.95. The molecule has 0 radical (unpaired) electrons. The van der Waals surface area contributed by atoms with Gasteiger partial charge in [0.1, 0.15) is 0 Å². The fourth-order valence-electron chi connectivity index (χ4n) is 3.02. The number of halogens is 1. The molecule has 0 saturated carbocycles. The molecule has 1 amide bonds. The summed E-state index contributed by atoms with van der Waals surface area (Å²) in [5.74, 6) is -0.132. The Bertz CT molecular complexity index is 828. The zero-order valence-corrected chi connectivity index (χ0v) is 14.4. The number of anilines is 1. The van der Waals surface area contributed by atoms with Gasteiger partial charge in [0.25, 0.3) is 0 Å². The molecular formula is C20H19ClN2O. The fraction of sp³-hybridized carbons (Fsp3) is 0.150. The van der Waals surface area contributed by atoms with Crippen molar-refractivity contribution in [3.05, 3.63) is 89.1 Å². The SMILES string of the molecule is CC(=O)NC1(c2ccccc2Cl)C=CC=CN1c1cccc(C)c1. The van der Waals surface area contributed by atoms with Crippen molar-refractivity contribution in [2.75, 3.05) is 4.90 Å². The first-order valence-electron chi connectivity index (χ1n) is 7.79. The second kappa shape index (κ2) is 6.54. The second-order valence-corrected chi connectivity index (χ2v) is 6.24. The summed E-state index contributed by atoms with van der Waals surface area (Å²) in [5.41, 5.74) is 2.08. The molecule has 1 heterocycles. The van der Waals surface area contributed by atoms with Crippen LogP contribution in [0, 0.1) is 6.92 Å². The minimum Gasteiger partial charge on any atom is -0.326 e. The van der Waals surface area contributed by atoms with E-state index in [4.69, 9.17) is 11.6 Å². The standard InChI is InChI=1S/C20H19ClN2O/c1-15-8-7-9-17(14-15)23-13-6-5-12-20(23,22-16(2)24)18-10-3-4-11-19(18)21/h3-14H,1-2H3,(H,22,24). The van der Waals surface area contributed by atoms with Crippen molar-refractivity contribution in [2.45, 2.75) is 19.5 Å². The number of allylic oxidation sites excluding steroid dienone is 2. The molecule has 1 unspecified atom stereocenters. The van der Waals surface area contributed by atoms with Gasteiger partial charge in [-0.1, -0.05) is 48.0 Å². The highest BCUT2D eigenvalue weighted by atomic mass is 35.5. The van der Waals surface area contributed by atoms with Crippen LogP contribution >= 0.6 is 11.6 Å². The maximum Gasteiger partial charge on any atom is 0.219 e. The molecule has 2 aromatic carbocycles. The second-order valence-electron chi connectivity index (χ2n) is 5.84. The van der Waals surface area contributed by atoms with Crippen LogP contribution in [0.25, 0.3) is 0 Å². The van der Waals surface area contributed by atoms with Crippen LogP contribution in [-0.4, -0.2) is 5.91 Å². The monoisotopic (exact) mass is 338 g/mol. The summed E-state index contributed by atoms with van der Waals surface area (Å²) in [7, 11) is 0. The Hall–Kier alpha value is -2.52. The van der Waals surface area contributed by atoms with Crippen LogP contribution in [-0.2, 0) is 10.5 Å². The van der Waals surface area contributed by atoms with E-state index < -0.39 is 5.66 Å². The third-order valence-electron chi connectivity index (χ3n) is 3.99. The van der Waals surface area contributed by atoms with Crippen molar-refractivity contribution in [3.8, 4) is 0 Å². The smallest absolute Gasteiger partial charge is 0.219 e. The Labute approximate surface area is 147 Å². The summed E-state index contributed by atoms with van der Waals surface area (Å²) in [6.07, 6.45) is 7.77. The van der Waals surface area contributed by atoms with Gasteiger partial charge >= 0.3 is 0 Å². The molecule has 0 aromatic heterocycles. The van der Waals surface area contributed by atoms with Gasteiger partial charge in [-0.15, -0.1) is 0 Å². The average molecular weight is 339 g/mol. The average Bonchev–Trinajstić information content (AvgIpc) is 2.55. The topological polar surface area (TPSA) is 32.3 Å². The lowest BCUT2D eigenvalue weighted by molar-refractivity contribution is -0.120. The largest absolute Gasteiger partial charge is 0.326 e. The first-order valence-corrected chi connectivity index (χ1v) is 8.16. The minimum atomic E-state index is -0.868. The quantitative estimate of drug-likeness (QED) is 0.891. The van der Waals surface area contributed by atoms with Crippen LogP contribution in [0.1, 0.15) is 18.1 Å². The molecule has 0 bridgehead atoms. The molecule has 2 aromatic rings. The van der Waals surface area contributed by atoms with E-state index in [9.17, 15) is 4.79 Å². The van der Waals surface area contributed by atoms with Crippen LogP contribution in [0.2, 0.25) is 5.02 Å². The Kier molecular flexibility index (Phi) is 4.45. The van der Waals surface area contributed by atoms with Gasteiger partial charge in [-0.2, -0.15) is 0 Å². The summed E-state index contributed by atoms with van der Waals surface area (Å²) in [5, 5.41) is 3.69. The highest BCUT2D eigenvalue weighted by Crippen LogP contribution is 2.38. The Morgan fingerprint density at radius 3 is 2.62 bits per heavy atom. The number of benzene rings is 2. The molecule has 0 spiro atoms. The van der Waals surface area contributed by atoms with Crippen molar-refractivity contribution < 1.29 is 4.79 Å². The molecule has 3 rings (SSSR count). The molecular weight excluding hydrogens is 320 g/mol. The number of carbonyl (C=O) groups excluding carboxylic acids is 1. The van der Waals surface area contributed by atoms with Gasteiger partial charge in [0, 0.05) is 29.4 Å².